The van der Waals surface area contributed by atoms with Crippen LogP contribution < -0.4 is 0 Å². The minimum Gasteiger partial charge on any atom is -0.361 e. The van der Waals surface area contributed by atoms with Gasteiger partial charge in [-0.3, -0.25) is 4.79 Å². The summed E-state index contributed by atoms with van der Waals surface area (Å²) in [4.78, 5) is 17.6. The predicted molar refractivity (Wildman–Crippen MR) is 89.5 cm³/mol. The number of rotatable bonds is 5. The summed E-state index contributed by atoms with van der Waals surface area (Å²) in [5.41, 5.74) is 3.33. The lowest BCUT2D eigenvalue weighted by molar-refractivity contribution is -0.130. The van der Waals surface area contributed by atoms with Gasteiger partial charge in [-0.25, -0.2) is 0 Å². The second-order valence-corrected chi connectivity index (χ2v) is 5.47. The molecule has 3 nitrogen and oxygen atoms in total. The Morgan fingerprint density at radius 2 is 1.86 bits per heavy atom. The lowest BCUT2D eigenvalue weighted by Gasteiger charge is -2.21. The molecular weight excluding hydrogens is 272 g/mol. The third-order valence-electron chi connectivity index (χ3n) is 3.92. The number of amides is 1. The van der Waals surface area contributed by atoms with Crippen LogP contribution in [0.25, 0.3) is 10.9 Å². The Balaban J connectivity index is 1.71. The first-order valence-corrected chi connectivity index (χ1v) is 7.64. The number of nitrogens with zero attached hydrogens (tertiary/aromatic N) is 1. The minimum atomic E-state index is 0.168. The van der Waals surface area contributed by atoms with Crippen LogP contribution >= 0.6 is 0 Å². The molecule has 0 aliphatic heterocycles. The Morgan fingerprint density at radius 1 is 1.05 bits per heavy atom. The molecule has 0 radical (unpaired) electrons. The Hall–Kier alpha value is -2.55. The van der Waals surface area contributed by atoms with E-state index in [2.05, 4.69) is 23.2 Å². The van der Waals surface area contributed by atoms with Gasteiger partial charge in [0.1, 0.15) is 0 Å². The van der Waals surface area contributed by atoms with Crippen LogP contribution in [0.3, 0.4) is 0 Å². The zero-order valence-corrected chi connectivity index (χ0v) is 12.8. The third-order valence-corrected chi connectivity index (χ3v) is 3.92. The molecule has 3 aromatic rings. The monoisotopic (exact) mass is 292 g/mol. The molecule has 0 bridgehead atoms. The Morgan fingerprint density at radius 3 is 2.64 bits per heavy atom. The number of hydrogen-bond donors (Lipinski definition) is 1. The van der Waals surface area contributed by atoms with E-state index in [9.17, 15) is 4.79 Å². The molecule has 1 N–H and O–H groups in total. The molecule has 0 aliphatic rings. The van der Waals surface area contributed by atoms with E-state index in [4.69, 9.17) is 0 Å². The number of carbonyl (C=O) groups is 1. The van der Waals surface area contributed by atoms with E-state index in [1.54, 1.807) is 0 Å². The molecule has 0 saturated heterocycles. The molecule has 1 amide bonds. The number of aromatic amines is 1. The molecule has 0 atom stereocenters. The maximum atomic E-state index is 12.5. The first kappa shape index (κ1) is 14.4. The van der Waals surface area contributed by atoms with Crippen LogP contribution in [-0.2, 0) is 17.8 Å². The fraction of sp³-hybridized carbons (Fsp3) is 0.211. The highest BCUT2D eigenvalue weighted by atomic mass is 16.2. The third kappa shape index (κ3) is 3.19. The Kier molecular flexibility index (Phi) is 4.24. The maximum absolute atomic E-state index is 12.5. The Labute approximate surface area is 130 Å². The van der Waals surface area contributed by atoms with Crippen LogP contribution in [0, 0.1) is 0 Å². The van der Waals surface area contributed by atoms with Crippen LogP contribution in [0.4, 0.5) is 0 Å². The van der Waals surface area contributed by atoms with Gasteiger partial charge in [-0.2, -0.15) is 0 Å². The van der Waals surface area contributed by atoms with Gasteiger partial charge in [0.25, 0.3) is 0 Å². The van der Waals surface area contributed by atoms with Crippen molar-refractivity contribution in [3.8, 4) is 0 Å². The summed E-state index contributed by atoms with van der Waals surface area (Å²) in [5, 5.41) is 1.15. The number of carbonyl (C=O) groups excluding carboxylic acids is 1. The predicted octanol–water partition coefficient (Wildman–Crippen LogP) is 3.76. The summed E-state index contributed by atoms with van der Waals surface area (Å²) < 4.78 is 0. The number of hydrogen-bond acceptors (Lipinski definition) is 1. The van der Waals surface area contributed by atoms with Crippen molar-refractivity contribution in [1.29, 1.82) is 0 Å². The first-order valence-electron chi connectivity index (χ1n) is 7.64. The SMILES string of the molecule is CCN(Cc1ccccc1)C(=O)Cc1ccc2[nH]ccc2c1. The summed E-state index contributed by atoms with van der Waals surface area (Å²) in [5.74, 6) is 0.168. The molecule has 0 fully saturated rings. The van der Waals surface area contributed by atoms with Gasteiger partial charge in [-0.05, 0) is 41.6 Å². The maximum Gasteiger partial charge on any atom is 0.227 e. The number of likely N-dealkylation sites (N-methyl/N-ethyl adjacent to an activating group) is 1. The van der Waals surface area contributed by atoms with Crippen LogP contribution in [-0.4, -0.2) is 22.3 Å². The minimum absolute atomic E-state index is 0.168. The molecule has 1 heterocycles. The molecule has 0 saturated carbocycles. The summed E-state index contributed by atoms with van der Waals surface area (Å²) in [6, 6.07) is 18.3. The molecular formula is C19H20N2O. The van der Waals surface area contributed by atoms with E-state index >= 15 is 0 Å². The fourth-order valence-electron chi connectivity index (χ4n) is 2.68. The van der Waals surface area contributed by atoms with Crippen LogP contribution in [0.5, 0.6) is 0 Å². The molecule has 112 valence electrons. The van der Waals surface area contributed by atoms with E-state index in [1.165, 1.54) is 5.56 Å². The number of nitrogens with one attached hydrogen (secondary N) is 1. The van der Waals surface area contributed by atoms with Gasteiger partial charge in [-0.15, -0.1) is 0 Å². The summed E-state index contributed by atoms with van der Waals surface area (Å²) in [7, 11) is 0. The number of aromatic nitrogens is 1. The quantitative estimate of drug-likeness (QED) is 0.763. The van der Waals surface area contributed by atoms with Crippen molar-refractivity contribution in [2.24, 2.45) is 0 Å². The number of fused-ring (bicyclic) bond motifs is 1. The standard InChI is InChI=1S/C19H20N2O/c1-2-21(14-15-6-4-3-5-7-15)19(22)13-16-8-9-18-17(12-16)10-11-20-18/h3-12,20H,2,13-14H2,1H3. The zero-order valence-electron chi connectivity index (χ0n) is 12.8. The highest BCUT2D eigenvalue weighted by molar-refractivity contribution is 5.83. The highest BCUT2D eigenvalue weighted by Gasteiger charge is 2.13. The van der Waals surface area contributed by atoms with E-state index in [0.29, 0.717) is 13.0 Å². The van der Waals surface area contributed by atoms with Crippen molar-refractivity contribution in [3.63, 3.8) is 0 Å². The van der Waals surface area contributed by atoms with E-state index in [0.717, 1.165) is 23.0 Å². The van der Waals surface area contributed by atoms with E-state index < -0.39 is 0 Å². The normalized spacial score (nSPS) is 10.8. The van der Waals surface area contributed by atoms with Crippen molar-refractivity contribution in [2.45, 2.75) is 19.9 Å². The molecule has 0 aliphatic carbocycles. The number of benzene rings is 2. The zero-order chi connectivity index (χ0) is 15.4. The highest BCUT2D eigenvalue weighted by Crippen LogP contribution is 2.15. The summed E-state index contributed by atoms with van der Waals surface area (Å²) in [6.45, 7) is 3.42. The molecule has 0 unspecified atom stereocenters. The van der Waals surface area contributed by atoms with Gasteiger partial charge in [0, 0.05) is 24.8 Å². The van der Waals surface area contributed by atoms with Gasteiger partial charge in [0.05, 0.1) is 6.42 Å². The smallest absolute Gasteiger partial charge is 0.227 e. The Bertz CT molecular complexity index is 761. The fourth-order valence-corrected chi connectivity index (χ4v) is 2.68. The van der Waals surface area contributed by atoms with Crippen molar-refractivity contribution in [3.05, 3.63) is 71.9 Å². The van der Waals surface area contributed by atoms with Crippen molar-refractivity contribution in [2.75, 3.05) is 6.54 Å². The molecule has 3 rings (SSSR count). The second-order valence-electron chi connectivity index (χ2n) is 5.47. The van der Waals surface area contributed by atoms with Crippen LogP contribution in [0.15, 0.2) is 60.8 Å². The van der Waals surface area contributed by atoms with Crippen molar-refractivity contribution >= 4 is 16.8 Å². The molecule has 3 heteroatoms. The summed E-state index contributed by atoms with van der Waals surface area (Å²) >= 11 is 0. The average Bonchev–Trinajstić information content (AvgIpc) is 3.01. The van der Waals surface area contributed by atoms with Gasteiger partial charge in [0.15, 0.2) is 0 Å². The molecule has 1 aromatic heterocycles. The van der Waals surface area contributed by atoms with Crippen molar-refractivity contribution in [1.82, 2.24) is 9.88 Å². The van der Waals surface area contributed by atoms with Gasteiger partial charge < -0.3 is 9.88 Å². The first-order chi connectivity index (χ1) is 10.8. The number of H-pyrrole nitrogens is 1. The molecule has 0 spiro atoms. The lowest BCUT2D eigenvalue weighted by Crippen LogP contribution is -2.31. The second kappa shape index (κ2) is 6.48. The van der Waals surface area contributed by atoms with Crippen molar-refractivity contribution < 1.29 is 4.79 Å². The lowest BCUT2D eigenvalue weighted by atomic mass is 10.1. The van der Waals surface area contributed by atoms with Gasteiger partial charge in [-0.1, -0.05) is 36.4 Å². The average molecular weight is 292 g/mol. The summed E-state index contributed by atoms with van der Waals surface area (Å²) in [6.07, 6.45) is 2.37. The van der Waals surface area contributed by atoms with E-state index in [1.807, 2.05) is 54.4 Å². The van der Waals surface area contributed by atoms with Gasteiger partial charge in [0.2, 0.25) is 5.91 Å². The van der Waals surface area contributed by atoms with Crippen LogP contribution in [0.2, 0.25) is 0 Å². The molecule has 22 heavy (non-hydrogen) atoms. The van der Waals surface area contributed by atoms with E-state index in [-0.39, 0.29) is 5.91 Å². The molecule has 2 aromatic carbocycles. The van der Waals surface area contributed by atoms with Crippen LogP contribution in [0.1, 0.15) is 18.1 Å². The van der Waals surface area contributed by atoms with Gasteiger partial charge >= 0.3 is 0 Å². The topological polar surface area (TPSA) is 36.1 Å². The largest absolute Gasteiger partial charge is 0.361 e.